The van der Waals surface area contributed by atoms with E-state index in [1.54, 1.807) is 6.07 Å². The summed E-state index contributed by atoms with van der Waals surface area (Å²) in [5, 5.41) is 3.15. The molecule has 3 aromatic rings. The van der Waals surface area contributed by atoms with Gasteiger partial charge < -0.3 is 9.73 Å². The molecule has 1 unspecified atom stereocenters. The van der Waals surface area contributed by atoms with Crippen molar-refractivity contribution in [1.29, 1.82) is 0 Å². The Morgan fingerprint density at radius 1 is 1.11 bits per heavy atom. The summed E-state index contributed by atoms with van der Waals surface area (Å²) in [5.41, 5.74) is 3.47. The first-order valence-electron chi connectivity index (χ1n) is 9.91. The highest BCUT2D eigenvalue weighted by Crippen LogP contribution is 2.23. The van der Waals surface area contributed by atoms with E-state index in [1.807, 2.05) is 37.3 Å². The molecule has 1 fully saturated rings. The number of carbonyl (C=O) groups is 1. The Labute approximate surface area is 166 Å². The van der Waals surface area contributed by atoms with Gasteiger partial charge in [-0.05, 0) is 50.1 Å². The van der Waals surface area contributed by atoms with E-state index >= 15 is 0 Å². The summed E-state index contributed by atoms with van der Waals surface area (Å²) < 4.78 is 5.82. The van der Waals surface area contributed by atoms with E-state index in [1.165, 1.54) is 11.1 Å². The molecule has 0 saturated carbocycles. The van der Waals surface area contributed by atoms with E-state index in [9.17, 15) is 4.79 Å². The molecule has 1 N–H and O–H groups in total. The molecular weight excluding hydrogens is 348 g/mol. The Kier molecular flexibility index (Phi) is 5.58. The first-order valence-corrected chi connectivity index (χ1v) is 9.91. The Morgan fingerprint density at radius 2 is 1.96 bits per heavy atom. The van der Waals surface area contributed by atoms with Crippen LogP contribution in [0.1, 0.15) is 34.5 Å². The number of furan rings is 1. The van der Waals surface area contributed by atoms with Crippen molar-refractivity contribution < 1.29 is 9.21 Å². The molecule has 2 heterocycles. The molecule has 0 bridgehead atoms. The smallest absolute Gasteiger partial charge is 0.287 e. The van der Waals surface area contributed by atoms with Crippen molar-refractivity contribution in [2.24, 2.45) is 0 Å². The number of carbonyl (C=O) groups excluding carboxylic acids is 1. The number of aryl methyl sites for hydroxylation is 1. The second-order valence-corrected chi connectivity index (χ2v) is 7.57. The highest BCUT2D eigenvalue weighted by atomic mass is 16.3. The summed E-state index contributed by atoms with van der Waals surface area (Å²) in [6.07, 6.45) is 2.09. The van der Waals surface area contributed by atoms with E-state index in [0.29, 0.717) is 5.76 Å². The maximum atomic E-state index is 12.7. The molecule has 144 valence electrons. The van der Waals surface area contributed by atoms with E-state index in [0.717, 1.165) is 43.8 Å². The van der Waals surface area contributed by atoms with Gasteiger partial charge in [-0.15, -0.1) is 0 Å². The van der Waals surface area contributed by atoms with Crippen LogP contribution in [0.3, 0.4) is 0 Å². The minimum atomic E-state index is -0.134. The third kappa shape index (κ3) is 4.52. The zero-order chi connectivity index (χ0) is 19.3. The van der Waals surface area contributed by atoms with Crippen LogP contribution in [0.15, 0.2) is 71.1 Å². The summed E-state index contributed by atoms with van der Waals surface area (Å²) in [6, 6.07) is 22.4. The molecule has 1 aromatic heterocycles. The van der Waals surface area contributed by atoms with Gasteiger partial charge in [0.1, 0.15) is 5.76 Å². The summed E-state index contributed by atoms with van der Waals surface area (Å²) >= 11 is 0. The largest absolute Gasteiger partial charge is 0.451 e. The zero-order valence-electron chi connectivity index (χ0n) is 16.2. The third-order valence-corrected chi connectivity index (χ3v) is 5.22. The molecule has 4 nitrogen and oxygen atoms in total. The maximum Gasteiger partial charge on any atom is 0.287 e. The number of hydrogen-bond acceptors (Lipinski definition) is 3. The molecule has 0 radical (unpaired) electrons. The van der Waals surface area contributed by atoms with Gasteiger partial charge in [0.15, 0.2) is 5.76 Å². The van der Waals surface area contributed by atoms with Gasteiger partial charge >= 0.3 is 0 Å². The summed E-state index contributed by atoms with van der Waals surface area (Å²) in [6.45, 7) is 4.90. The summed E-state index contributed by atoms with van der Waals surface area (Å²) in [7, 11) is 0. The number of piperidine rings is 1. The molecule has 0 spiro atoms. The Bertz CT molecular complexity index is 933. The monoisotopic (exact) mass is 374 g/mol. The molecule has 2 aromatic carbocycles. The van der Waals surface area contributed by atoms with Crippen LogP contribution < -0.4 is 5.32 Å². The molecule has 1 atom stereocenters. The van der Waals surface area contributed by atoms with Crippen molar-refractivity contribution in [1.82, 2.24) is 10.2 Å². The molecule has 4 heteroatoms. The predicted molar refractivity (Wildman–Crippen MR) is 111 cm³/mol. The van der Waals surface area contributed by atoms with E-state index < -0.39 is 0 Å². The van der Waals surface area contributed by atoms with E-state index in [2.05, 4.69) is 40.5 Å². The first-order chi connectivity index (χ1) is 13.7. The molecular formula is C24H26N2O2. The number of likely N-dealkylation sites (tertiary alicyclic amines) is 1. The van der Waals surface area contributed by atoms with Crippen molar-refractivity contribution in [2.75, 3.05) is 13.1 Å². The molecule has 1 aliphatic rings. The average molecular weight is 374 g/mol. The van der Waals surface area contributed by atoms with Gasteiger partial charge in [-0.2, -0.15) is 0 Å². The lowest BCUT2D eigenvalue weighted by atomic mass is 10.0. The van der Waals surface area contributed by atoms with Crippen LogP contribution in [0.2, 0.25) is 0 Å². The lowest BCUT2D eigenvalue weighted by molar-refractivity contribution is 0.0874. The predicted octanol–water partition coefficient (Wildman–Crippen LogP) is 4.65. The normalized spacial score (nSPS) is 17.4. The molecule has 4 rings (SSSR count). The fourth-order valence-corrected chi connectivity index (χ4v) is 3.83. The fourth-order valence-electron chi connectivity index (χ4n) is 3.83. The number of hydrogen-bond donors (Lipinski definition) is 1. The number of nitrogens with one attached hydrogen (secondary N) is 1. The van der Waals surface area contributed by atoms with Crippen LogP contribution in [-0.2, 0) is 6.54 Å². The van der Waals surface area contributed by atoms with Crippen molar-refractivity contribution in [3.63, 3.8) is 0 Å². The number of nitrogens with zero attached hydrogens (tertiary/aromatic N) is 1. The van der Waals surface area contributed by atoms with Gasteiger partial charge in [-0.25, -0.2) is 0 Å². The van der Waals surface area contributed by atoms with Gasteiger partial charge in [-0.3, -0.25) is 9.69 Å². The summed E-state index contributed by atoms with van der Waals surface area (Å²) in [4.78, 5) is 15.1. The maximum absolute atomic E-state index is 12.7. The van der Waals surface area contributed by atoms with E-state index in [4.69, 9.17) is 4.42 Å². The lowest BCUT2D eigenvalue weighted by Crippen LogP contribution is -2.47. The Hall–Kier alpha value is -2.85. The molecule has 1 amide bonds. The van der Waals surface area contributed by atoms with Crippen molar-refractivity contribution in [3.05, 3.63) is 83.6 Å². The minimum absolute atomic E-state index is 0.134. The highest BCUT2D eigenvalue weighted by Gasteiger charge is 2.23. The van der Waals surface area contributed by atoms with Crippen LogP contribution in [0.5, 0.6) is 0 Å². The Morgan fingerprint density at radius 3 is 2.79 bits per heavy atom. The standard InChI is InChI=1S/C24H26N2O2/c1-18-7-5-10-20(15-18)22-12-13-23(28-22)24(27)25-21-11-6-14-26(17-21)16-19-8-3-2-4-9-19/h2-5,7-10,12-13,15,21H,6,11,14,16-17H2,1H3,(H,25,27). The minimum Gasteiger partial charge on any atom is -0.451 e. The van der Waals surface area contributed by atoms with Crippen molar-refractivity contribution in [2.45, 2.75) is 32.4 Å². The van der Waals surface area contributed by atoms with Crippen LogP contribution >= 0.6 is 0 Å². The summed E-state index contributed by atoms with van der Waals surface area (Å²) in [5.74, 6) is 0.963. The third-order valence-electron chi connectivity index (χ3n) is 5.22. The van der Waals surface area contributed by atoms with Crippen molar-refractivity contribution >= 4 is 5.91 Å². The zero-order valence-corrected chi connectivity index (χ0v) is 16.2. The molecule has 1 aliphatic heterocycles. The number of rotatable bonds is 5. The van der Waals surface area contributed by atoms with Crippen LogP contribution in [0.4, 0.5) is 0 Å². The molecule has 0 aliphatic carbocycles. The van der Waals surface area contributed by atoms with Gasteiger partial charge in [-0.1, -0.05) is 54.1 Å². The van der Waals surface area contributed by atoms with Crippen LogP contribution in [0, 0.1) is 6.92 Å². The highest BCUT2D eigenvalue weighted by molar-refractivity contribution is 5.92. The quantitative estimate of drug-likeness (QED) is 0.707. The van der Waals surface area contributed by atoms with Crippen LogP contribution in [0.25, 0.3) is 11.3 Å². The molecule has 28 heavy (non-hydrogen) atoms. The van der Waals surface area contributed by atoms with Gasteiger partial charge in [0.05, 0.1) is 0 Å². The second kappa shape index (κ2) is 8.44. The number of benzene rings is 2. The van der Waals surface area contributed by atoms with Gasteiger partial charge in [0.2, 0.25) is 0 Å². The Balaban J connectivity index is 1.37. The SMILES string of the molecule is Cc1cccc(-c2ccc(C(=O)NC3CCCN(Cc4ccccc4)C3)o2)c1. The van der Waals surface area contributed by atoms with Crippen molar-refractivity contribution in [3.8, 4) is 11.3 Å². The molecule has 1 saturated heterocycles. The van der Waals surface area contributed by atoms with Crippen LogP contribution in [-0.4, -0.2) is 29.9 Å². The fraction of sp³-hybridized carbons (Fsp3) is 0.292. The number of amides is 1. The van der Waals surface area contributed by atoms with Gasteiger partial charge in [0, 0.05) is 24.7 Å². The van der Waals surface area contributed by atoms with E-state index in [-0.39, 0.29) is 11.9 Å². The lowest BCUT2D eigenvalue weighted by Gasteiger charge is -2.33. The van der Waals surface area contributed by atoms with Gasteiger partial charge in [0.25, 0.3) is 5.91 Å². The topological polar surface area (TPSA) is 45.5 Å². The second-order valence-electron chi connectivity index (χ2n) is 7.57. The first kappa shape index (κ1) is 18.5. The average Bonchev–Trinajstić information content (AvgIpc) is 3.20.